The van der Waals surface area contributed by atoms with Crippen LogP contribution in [0.25, 0.3) is 0 Å². The standard InChI is InChI=1S/C53H69N7O17/c1-8-19-42(73-35(3)61)49(75-37(5)63)34(2)52(71)56-30-18-32-59(31-16-14-29-57-53(72)41-22-17-23-43(74-36(4)62)50(41)76-38(6)64)46(68)26-24-44(66)55-28-13-10-15-33-60(77-39(7)65)47(69)27-25-45(67)58-48(51(54)70)40-20-11-9-12-21-40/h8-9,11-12,17,19-23,48H,1,10,13-16,18,24-33H2,2-7H3,(H2,54,70)(H,55,66)(H,56,71)(H,57,72)(H,58,67)/b42-19+,49-34-/t48-/m1/s1. The van der Waals surface area contributed by atoms with Crippen LogP contribution in [0.4, 0.5) is 0 Å². The van der Waals surface area contributed by atoms with Crippen LogP contribution in [0.3, 0.4) is 0 Å². The molecule has 0 aliphatic rings. The molecule has 0 unspecified atom stereocenters. The molecular weight excluding hydrogens is 1010 g/mol. The maximum atomic E-state index is 13.6. The first-order chi connectivity index (χ1) is 36.5. The summed E-state index contributed by atoms with van der Waals surface area (Å²) in [5, 5.41) is 11.5. The molecule has 24 nitrogen and oxygen atoms in total. The van der Waals surface area contributed by atoms with Gasteiger partial charge < -0.3 is 55.7 Å². The van der Waals surface area contributed by atoms with Crippen molar-refractivity contribution < 1.29 is 81.3 Å². The number of allylic oxidation sites excluding steroid dienone is 2. The van der Waals surface area contributed by atoms with Gasteiger partial charge >= 0.3 is 29.8 Å². The minimum atomic E-state index is -1.10. The zero-order valence-corrected chi connectivity index (χ0v) is 44.3. The second kappa shape index (κ2) is 34.7. The quantitative estimate of drug-likeness (QED) is 0.0133. The van der Waals surface area contributed by atoms with E-state index in [1.165, 1.54) is 42.2 Å². The van der Waals surface area contributed by atoms with Gasteiger partial charge in [0.15, 0.2) is 23.0 Å². The largest absolute Gasteiger partial charge is 0.423 e. The van der Waals surface area contributed by atoms with Gasteiger partial charge in [-0.05, 0) is 69.2 Å². The van der Waals surface area contributed by atoms with E-state index in [0.29, 0.717) is 37.7 Å². The van der Waals surface area contributed by atoms with E-state index >= 15 is 0 Å². The van der Waals surface area contributed by atoms with Crippen LogP contribution in [0.1, 0.15) is 128 Å². The van der Waals surface area contributed by atoms with Crippen molar-refractivity contribution in [3.63, 3.8) is 0 Å². The van der Waals surface area contributed by atoms with Crippen LogP contribution in [-0.4, -0.2) is 120 Å². The number of rotatable bonds is 32. The number of nitrogens with zero attached hydrogens (tertiary/aromatic N) is 2. The Hall–Kier alpha value is -8.70. The average Bonchev–Trinajstić information content (AvgIpc) is 3.36. The Morgan fingerprint density at radius 2 is 1.19 bits per heavy atom. The lowest BCUT2D eigenvalue weighted by molar-refractivity contribution is -0.196. The highest BCUT2D eigenvalue weighted by Gasteiger charge is 2.25. The molecule has 0 radical (unpaired) electrons. The van der Waals surface area contributed by atoms with E-state index in [1.54, 1.807) is 30.3 Å². The number of hydrogen-bond acceptors (Lipinski definition) is 17. The summed E-state index contributed by atoms with van der Waals surface area (Å²) < 4.78 is 20.6. The molecule has 0 aliphatic carbocycles. The smallest absolute Gasteiger partial charge is 0.329 e. The van der Waals surface area contributed by atoms with E-state index in [-0.39, 0.29) is 111 Å². The molecule has 6 N–H and O–H groups in total. The van der Waals surface area contributed by atoms with Gasteiger partial charge in [0, 0.05) is 93.0 Å². The number of carbonyl (C=O) groups excluding carboxylic acids is 12. The van der Waals surface area contributed by atoms with Crippen LogP contribution < -0.4 is 36.5 Å². The summed E-state index contributed by atoms with van der Waals surface area (Å²) >= 11 is 0. The normalized spacial score (nSPS) is 11.5. The highest BCUT2D eigenvalue weighted by Crippen LogP contribution is 2.32. The Labute approximate surface area is 446 Å². The van der Waals surface area contributed by atoms with Gasteiger partial charge in [0.05, 0.1) is 17.7 Å². The molecule has 0 spiro atoms. The maximum Gasteiger partial charge on any atom is 0.329 e. The van der Waals surface area contributed by atoms with Crippen molar-refractivity contribution in [1.82, 2.24) is 31.2 Å². The van der Waals surface area contributed by atoms with E-state index in [2.05, 4.69) is 27.8 Å². The Bertz CT molecular complexity index is 2530. The predicted octanol–water partition coefficient (Wildman–Crippen LogP) is 3.35. The van der Waals surface area contributed by atoms with Crippen LogP contribution >= 0.6 is 0 Å². The summed E-state index contributed by atoms with van der Waals surface area (Å²) in [4.78, 5) is 156. The molecule has 0 aliphatic heterocycles. The van der Waals surface area contributed by atoms with Crippen molar-refractivity contribution in [1.29, 1.82) is 0 Å². The number of hydrogen-bond donors (Lipinski definition) is 5. The topological polar surface area (TPSA) is 332 Å². The van der Waals surface area contributed by atoms with Gasteiger partial charge in [-0.15, -0.1) is 0 Å². The number of benzene rings is 2. The van der Waals surface area contributed by atoms with Crippen molar-refractivity contribution >= 4 is 71.2 Å². The third-order valence-electron chi connectivity index (χ3n) is 10.5. The van der Waals surface area contributed by atoms with Crippen molar-refractivity contribution in [2.75, 3.05) is 39.3 Å². The lowest BCUT2D eigenvalue weighted by atomic mass is 10.1. The highest BCUT2D eigenvalue weighted by atomic mass is 16.7. The van der Waals surface area contributed by atoms with Gasteiger partial charge in [-0.2, -0.15) is 5.06 Å². The van der Waals surface area contributed by atoms with E-state index in [4.69, 9.17) is 29.5 Å². The molecule has 418 valence electrons. The summed E-state index contributed by atoms with van der Waals surface area (Å²) in [7, 11) is 0. The molecule has 0 heterocycles. The molecule has 2 aromatic rings. The minimum absolute atomic E-state index is 0.000533. The molecule has 2 aromatic carbocycles. The second-order valence-corrected chi connectivity index (χ2v) is 17.0. The fraction of sp³-hybridized carbons (Fsp3) is 0.434. The van der Waals surface area contributed by atoms with Crippen LogP contribution in [0.15, 0.2) is 84.4 Å². The van der Waals surface area contributed by atoms with Gasteiger partial charge in [-0.3, -0.25) is 57.5 Å². The summed E-state index contributed by atoms with van der Waals surface area (Å²) in [5.41, 5.74) is 5.78. The van der Waals surface area contributed by atoms with E-state index < -0.39 is 71.3 Å². The third-order valence-corrected chi connectivity index (χ3v) is 10.5. The van der Waals surface area contributed by atoms with Crippen LogP contribution in [0.5, 0.6) is 11.5 Å². The fourth-order valence-corrected chi connectivity index (χ4v) is 7.02. The maximum absolute atomic E-state index is 13.6. The number of hydroxylamine groups is 2. The first-order valence-electron chi connectivity index (χ1n) is 24.7. The lowest BCUT2D eigenvalue weighted by Crippen LogP contribution is -2.38. The van der Waals surface area contributed by atoms with Gasteiger partial charge in [-0.1, -0.05) is 49.1 Å². The molecular formula is C53H69N7O17. The Kier molecular flexibility index (Phi) is 29.0. The second-order valence-electron chi connectivity index (χ2n) is 17.0. The van der Waals surface area contributed by atoms with E-state index in [1.807, 2.05) is 0 Å². The zero-order valence-electron chi connectivity index (χ0n) is 44.3. The number of para-hydroxylation sites is 1. The highest BCUT2D eigenvalue weighted by molar-refractivity contribution is 5.99. The molecule has 0 fully saturated rings. The first kappa shape index (κ1) is 64.4. The molecule has 7 amide bonds. The van der Waals surface area contributed by atoms with Crippen molar-refractivity contribution in [2.45, 2.75) is 112 Å². The summed E-state index contributed by atoms with van der Waals surface area (Å²) in [6, 6.07) is 11.4. The van der Waals surface area contributed by atoms with Gasteiger partial charge in [0.25, 0.3) is 17.7 Å². The number of ether oxygens (including phenoxy) is 4. The number of primary amides is 1. The van der Waals surface area contributed by atoms with Crippen LogP contribution in [-0.2, 0) is 67.1 Å². The number of esters is 4. The van der Waals surface area contributed by atoms with E-state index in [0.717, 1.165) is 39.7 Å². The molecule has 2 rings (SSSR count). The monoisotopic (exact) mass is 1080 g/mol. The Balaban J connectivity index is 2.02. The fourth-order valence-electron chi connectivity index (χ4n) is 7.02. The number of nitrogens with two attached hydrogens (primary N) is 1. The Morgan fingerprint density at radius 3 is 1.82 bits per heavy atom. The molecule has 0 aromatic heterocycles. The predicted molar refractivity (Wildman–Crippen MR) is 275 cm³/mol. The van der Waals surface area contributed by atoms with Crippen molar-refractivity contribution in [3.8, 4) is 11.5 Å². The molecule has 0 saturated heterocycles. The zero-order chi connectivity index (χ0) is 57.5. The minimum Gasteiger partial charge on any atom is -0.423 e. The average molecular weight is 1080 g/mol. The summed E-state index contributed by atoms with van der Waals surface area (Å²) in [6.07, 6.45) is 3.81. The molecule has 1 atom stereocenters. The van der Waals surface area contributed by atoms with Gasteiger partial charge in [0.1, 0.15) is 6.04 Å². The SMILES string of the molecule is C=C/C=C(OC(C)=O)\C(OC(C)=O)=C(/C)C(=O)NCCCN(CCCCNC(=O)c1cccc(OC(C)=O)c1OC(C)=O)C(=O)CCC(=O)NCCCCCN(OC(C)=O)C(=O)CCC(=O)N[C@@H](C(N)=O)c1ccccc1. The molecule has 24 heteroatoms. The van der Waals surface area contributed by atoms with Crippen LogP contribution in [0.2, 0.25) is 0 Å². The number of unbranched alkanes of at least 4 members (excludes halogenated alkanes) is 3. The summed E-state index contributed by atoms with van der Waals surface area (Å²) in [6.45, 7) is 11.2. The number of nitrogens with one attached hydrogen (secondary N) is 4. The Morgan fingerprint density at radius 1 is 0.597 bits per heavy atom. The molecule has 77 heavy (non-hydrogen) atoms. The third kappa shape index (κ3) is 25.4. The van der Waals surface area contributed by atoms with Crippen LogP contribution in [0, 0.1) is 0 Å². The number of amides is 7. The number of carbonyl (C=O) groups is 12. The molecule has 0 bridgehead atoms. The first-order valence-corrected chi connectivity index (χ1v) is 24.7. The van der Waals surface area contributed by atoms with Gasteiger partial charge in [0.2, 0.25) is 23.6 Å². The van der Waals surface area contributed by atoms with Crippen molar-refractivity contribution in [2.24, 2.45) is 5.73 Å². The summed E-state index contributed by atoms with van der Waals surface area (Å²) in [5.74, 6) is -8.73. The van der Waals surface area contributed by atoms with E-state index in [9.17, 15) is 57.5 Å². The molecule has 0 saturated carbocycles. The van der Waals surface area contributed by atoms with Gasteiger partial charge in [-0.25, -0.2) is 0 Å². The van der Waals surface area contributed by atoms with Crippen molar-refractivity contribution in [3.05, 3.63) is 95.5 Å². The lowest BCUT2D eigenvalue weighted by Gasteiger charge is -2.23.